The third-order valence-corrected chi connectivity index (χ3v) is 4.10. The SMILES string of the molecule is CS(=O)(=O)c1cccc(OCc2cnc(N)s2)c1. The molecule has 1 heterocycles. The average molecular weight is 284 g/mol. The first kappa shape index (κ1) is 12.8. The summed E-state index contributed by atoms with van der Waals surface area (Å²) in [7, 11) is -3.21. The highest BCUT2D eigenvalue weighted by atomic mass is 32.2. The summed E-state index contributed by atoms with van der Waals surface area (Å²) in [5.41, 5.74) is 5.50. The highest BCUT2D eigenvalue weighted by Crippen LogP contribution is 2.20. The maximum Gasteiger partial charge on any atom is 0.180 e. The van der Waals surface area contributed by atoms with E-state index in [0.717, 1.165) is 11.1 Å². The fraction of sp³-hybridized carbons (Fsp3) is 0.182. The number of ether oxygens (including phenoxy) is 1. The van der Waals surface area contributed by atoms with E-state index in [9.17, 15) is 8.42 Å². The first-order valence-corrected chi connectivity index (χ1v) is 7.79. The lowest BCUT2D eigenvalue weighted by atomic mass is 10.3. The molecule has 0 saturated carbocycles. The zero-order valence-corrected chi connectivity index (χ0v) is 11.3. The summed E-state index contributed by atoms with van der Waals surface area (Å²) < 4.78 is 28.3. The number of thiazole rings is 1. The van der Waals surface area contributed by atoms with E-state index in [1.54, 1.807) is 18.3 Å². The molecule has 0 aliphatic heterocycles. The number of sulfone groups is 1. The van der Waals surface area contributed by atoms with Crippen molar-refractivity contribution in [2.24, 2.45) is 0 Å². The van der Waals surface area contributed by atoms with Crippen LogP contribution < -0.4 is 10.5 Å². The van der Waals surface area contributed by atoms with Crippen LogP contribution in [-0.2, 0) is 16.4 Å². The van der Waals surface area contributed by atoms with Crippen LogP contribution in [0.2, 0.25) is 0 Å². The van der Waals surface area contributed by atoms with Gasteiger partial charge in [-0.15, -0.1) is 0 Å². The van der Waals surface area contributed by atoms with E-state index in [0.29, 0.717) is 17.5 Å². The zero-order chi connectivity index (χ0) is 13.2. The smallest absolute Gasteiger partial charge is 0.180 e. The van der Waals surface area contributed by atoms with Crippen molar-refractivity contribution in [2.75, 3.05) is 12.0 Å². The van der Waals surface area contributed by atoms with Gasteiger partial charge in [-0.25, -0.2) is 13.4 Å². The molecule has 18 heavy (non-hydrogen) atoms. The summed E-state index contributed by atoms with van der Waals surface area (Å²) in [5, 5.41) is 0.485. The van der Waals surface area contributed by atoms with Crippen LogP contribution in [0.3, 0.4) is 0 Å². The van der Waals surface area contributed by atoms with Crippen LogP contribution in [0.5, 0.6) is 5.75 Å². The van der Waals surface area contributed by atoms with Crippen molar-refractivity contribution in [2.45, 2.75) is 11.5 Å². The Morgan fingerprint density at radius 2 is 2.22 bits per heavy atom. The second-order valence-electron chi connectivity index (χ2n) is 3.70. The summed E-state index contributed by atoms with van der Waals surface area (Å²) in [5.74, 6) is 0.505. The van der Waals surface area contributed by atoms with E-state index >= 15 is 0 Å². The van der Waals surface area contributed by atoms with Crippen LogP contribution in [0, 0.1) is 0 Å². The van der Waals surface area contributed by atoms with Gasteiger partial charge in [-0.1, -0.05) is 17.4 Å². The number of aromatic nitrogens is 1. The Hall–Kier alpha value is -1.60. The molecule has 0 saturated heterocycles. The first-order chi connectivity index (χ1) is 8.45. The number of hydrogen-bond acceptors (Lipinski definition) is 6. The maximum atomic E-state index is 11.4. The summed E-state index contributed by atoms with van der Waals surface area (Å²) in [6, 6.07) is 6.39. The molecule has 0 radical (unpaired) electrons. The minimum absolute atomic E-state index is 0.240. The number of nitrogens with zero attached hydrogens (tertiary/aromatic N) is 1. The molecular formula is C11H12N2O3S2. The summed E-state index contributed by atoms with van der Waals surface area (Å²) in [6.45, 7) is 0.322. The van der Waals surface area contributed by atoms with Crippen molar-refractivity contribution < 1.29 is 13.2 Å². The van der Waals surface area contributed by atoms with Crippen molar-refractivity contribution >= 4 is 26.3 Å². The van der Waals surface area contributed by atoms with Gasteiger partial charge in [-0.2, -0.15) is 0 Å². The van der Waals surface area contributed by atoms with E-state index in [4.69, 9.17) is 10.5 Å². The molecule has 1 aromatic carbocycles. The van der Waals surface area contributed by atoms with Gasteiger partial charge in [0.15, 0.2) is 15.0 Å². The van der Waals surface area contributed by atoms with Gasteiger partial charge in [0.1, 0.15) is 12.4 Å². The molecule has 0 amide bonds. The maximum absolute atomic E-state index is 11.4. The molecule has 0 bridgehead atoms. The molecule has 5 nitrogen and oxygen atoms in total. The van der Waals surface area contributed by atoms with Gasteiger partial charge in [-0.05, 0) is 18.2 Å². The van der Waals surface area contributed by atoms with Crippen molar-refractivity contribution in [1.29, 1.82) is 0 Å². The van der Waals surface area contributed by atoms with Crippen LogP contribution in [-0.4, -0.2) is 19.7 Å². The summed E-state index contributed by atoms with van der Waals surface area (Å²) in [4.78, 5) is 5.03. The normalized spacial score (nSPS) is 11.4. The lowest BCUT2D eigenvalue weighted by Crippen LogP contribution is -1.98. The van der Waals surface area contributed by atoms with E-state index in [-0.39, 0.29) is 4.90 Å². The molecule has 0 spiro atoms. The van der Waals surface area contributed by atoms with Gasteiger partial charge in [0.25, 0.3) is 0 Å². The van der Waals surface area contributed by atoms with Crippen LogP contribution in [0.25, 0.3) is 0 Å². The molecule has 0 aliphatic rings. The number of benzene rings is 1. The Bertz CT molecular complexity index is 650. The van der Waals surface area contributed by atoms with Gasteiger partial charge in [0.2, 0.25) is 0 Å². The number of nitrogen functional groups attached to an aromatic ring is 1. The molecule has 2 N–H and O–H groups in total. The number of anilines is 1. The second kappa shape index (κ2) is 4.95. The van der Waals surface area contributed by atoms with Gasteiger partial charge in [0.05, 0.1) is 9.77 Å². The molecule has 2 rings (SSSR count). The highest BCUT2D eigenvalue weighted by Gasteiger charge is 2.08. The zero-order valence-electron chi connectivity index (χ0n) is 9.66. The lowest BCUT2D eigenvalue weighted by Gasteiger charge is -2.05. The van der Waals surface area contributed by atoms with Crippen LogP contribution in [0.4, 0.5) is 5.13 Å². The van der Waals surface area contributed by atoms with Crippen molar-refractivity contribution in [3.8, 4) is 5.75 Å². The molecular weight excluding hydrogens is 272 g/mol. The molecule has 0 unspecified atom stereocenters. The van der Waals surface area contributed by atoms with Crippen LogP contribution >= 0.6 is 11.3 Å². The fourth-order valence-corrected chi connectivity index (χ4v) is 2.59. The molecule has 96 valence electrons. The Balaban J connectivity index is 2.11. The van der Waals surface area contributed by atoms with Gasteiger partial charge in [0, 0.05) is 12.5 Å². The molecule has 2 aromatic rings. The van der Waals surface area contributed by atoms with Gasteiger partial charge < -0.3 is 10.5 Å². The average Bonchev–Trinajstić information content (AvgIpc) is 2.72. The Kier molecular flexibility index (Phi) is 3.53. The largest absolute Gasteiger partial charge is 0.488 e. The predicted molar refractivity (Wildman–Crippen MR) is 70.4 cm³/mol. The van der Waals surface area contributed by atoms with Crippen molar-refractivity contribution in [1.82, 2.24) is 4.98 Å². The number of nitrogens with two attached hydrogens (primary N) is 1. The molecule has 1 aromatic heterocycles. The monoisotopic (exact) mass is 284 g/mol. The highest BCUT2D eigenvalue weighted by molar-refractivity contribution is 7.90. The molecule has 7 heteroatoms. The van der Waals surface area contributed by atoms with E-state index in [2.05, 4.69) is 4.98 Å². The third kappa shape index (κ3) is 3.21. The van der Waals surface area contributed by atoms with E-state index in [1.807, 2.05) is 0 Å². The summed E-state index contributed by atoms with van der Waals surface area (Å²) in [6.07, 6.45) is 2.80. The lowest BCUT2D eigenvalue weighted by molar-refractivity contribution is 0.308. The van der Waals surface area contributed by atoms with Crippen molar-refractivity contribution in [3.05, 3.63) is 35.3 Å². The standard InChI is InChI=1S/C11H12N2O3S2/c1-18(14,15)10-4-2-3-8(5-10)16-7-9-6-13-11(12)17-9/h2-6H,7H2,1H3,(H2,12,13). The summed E-state index contributed by atoms with van der Waals surface area (Å²) >= 11 is 1.34. The third-order valence-electron chi connectivity index (χ3n) is 2.19. The van der Waals surface area contributed by atoms with Crippen LogP contribution in [0.1, 0.15) is 4.88 Å². The van der Waals surface area contributed by atoms with Crippen molar-refractivity contribution in [3.63, 3.8) is 0 Å². The van der Waals surface area contributed by atoms with Gasteiger partial charge in [-0.3, -0.25) is 0 Å². The Labute approximate surface area is 109 Å². The fourth-order valence-electron chi connectivity index (χ4n) is 1.34. The number of rotatable bonds is 4. The Morgan fingerprint density at radius 3 is 2.83 bits per heavy atom. The molecule has 0 aliphatic carbocycles. The topological polar surface area (TPSA) is 82.3 Å². The minimum Gasteiger partial charge on any atom is -0.488 e. The van der Waals surface area contributed by atoms with E-state index < -0.39 is 9.84 Å². The van der Waals surface area contributed by atoms with E-state index in [1.165, 1.54) is 23.5 Å². The predicted octanol–water partition coefficient (Wildman–Crippen LogP) is 1.71. The molecule has 0 atom stereocenters. The first-order valence-electron chi connectivity index (χ1n) is 5.08. The van der Waals surface area contributed by atoms with Crippen LogP contribution in [0.15, 0.2) is 35.4 Å². The number of hydrogen-bond donors (Lipinski definition) is 1. The second-order valence-corrected chi connectivity index (χ2v) is 6.86. The Morgan fingerprint density at radius 1 is 1.44 bits per heavy atom. The van der Waals surface area contributed by atoms with Gasteiger partial charge >= 0.3 is 0 Å². The quantitative estimate of drug-likeness (QED) is 0.924. The minimum atomic E-state index is -3.21. The molecule has 0 fully saturated rings.